The quantitative estimate of drug-likeness (QED) is 0.810. The molecule has 5 heteroatoms. The summed E-state index contributed by atoms with van der Waals surface area (Å²) in [5, 5.41) is 4.46. The van der Waals surface area contributed by atoms with Crippen molar-refractivity contribution in [2.24, 2.45) is 11.8 Å². The Labute approximate surface area is 149 Å². The van der Waals surface area contributed by atoms with E-state index in [9.17, 15) is 0 Å². The second-order valence-corrected chi connectivity index (χ2v) is 8.19. The number of rotatable bonds is 6. The van der Waals surface area contributed by atoms with E-state index in [1.165, 1.54) is 45.3 Å². The van der Waals surface area contributed by atoms with Gasteiger partial charge < -0.3 is 4.42 Å². The number of likely N-dealkylation sites (tertiary alicyclic amines) is 2. The minimum absolute atomic E-state index is 0.652. The molecular weight excluding hydrogens is 312 g/mol. The number of aromatic nitrogens is 2. The van der Waals surface area contributed by atoms with E-state index in [0.29, 0.717) is 6.04 Å². The predicted octanol–water partition coefficient (Wildman–Crippen LogP) is 2.85. The molecule has 134 valence electrons. The van der Waals surface area contributed by atoms with Crippen molar-refractivity contribution >= 4 is 0 Å². The molecule has 5 rings (SSSR count). The highest BCUT2D eigenvalue weighted by molar-refractivity contribution is 5.02. The van der Waals surface area contributed by atoms with E-state index < -0.39 is 0 Å². The van der Waals surface area contributed by atoms with E-state index in [2.05, 4.69) is 31.8 Å². The van der Waals surface area contributed by atoms with Crippen LogP contribution >= 0.6 is 0 Å². The maximum Gasteiger partial charge on any atom is 0.117 e. The zero-order valence-corrected chi connectivity index (χ0v) is 14.8. The van der Waals surface area contributed by atoms with Gasteiger partial charge in [-0.05, 0) is 55.7 Å². The normalized spacial score (nSPS) is 30.6. The molecule has 2 aromatic rings. The summed E-state index contributed by atoms with van der Waals surface area (Å²) in [5.74, 6) is 2.85. The van der Waals surface area contributed by atoms with Crippen LogP contribution in [0.1, 0.15) is 31.4 Å². The monoisotopic (exact) mass is 340 g/mol. The van der Waals surface area contributed by atoms with Gasteiger partial charge in [-0.2, -0.15) is 5.10 Å². The highest BCUT2D eigenvalue weighted by atomic mass is 16.3. The zero-order valence-electron chi connectivity index (χ0n) is 14.8. The van der Waals surface area contributed by atoms with E-state index in [1.807, 2.05) is 18.3 Å². The molecule has 1 saturated carbocycles. The molecule has 0 N–H and O–H groups in total. The van der Waals surface area contributed by atoms with Gasteiger partial charge in [-0.3, -0.25) is 14.5 Å². The fourth-order valence-corrected chi connectivity index (χ4v) is 4.97. The Morgan fingerprint density at radius 3 is 2.88 bits per heavy atom. The first-order valence-corrected chi connectivity index (χ1v) is 9.83. The number of hydrogen-bond acceptors (Lipinski definition) is 4. The number of piperidine rings is 1. The Balaban J connectivity index is 1.27. The number of hydrogen-bond donors (Lipinski definition) is 0. The Kier molecular flexibility index (Phi) is 4.14. The average molecular weight is 340 g/mol. The standard InChI is InChI=1S/C20H28N4O/c1-3-19(25-10-1)15-22-9-6-20-17(13-22)11-18(14-23-8-2-7-21-23)24(20)12-16-4-5-16/h1-3,7-8,10,16-18,20H,4-6,9,11-15H2/t17-,18+,20+/m0/s1. The van der Waals surface area contributed by atoms with E-state index in [1.54, 1.807) is 6.26 Å². The molecule has 2 aromatic heterocycles. The van der Waals surface area contributed by atoms with Crippen molar-refractivity contribution in [1.82, 2.24) is 19.6 Å². The summed E-state index contributed by atoms with van der Waals surface area (Å²) >= 11 is 0. The summed E-state index contributed by atoms with van der Waals surface area (Å²) in [7, 11) is 0. The molecular formula is C20H28N4O. The van der Waals surface area contributed by atoms with E-state index in [0.717, 1.165) is 36.7 Å². The highest BCUT2D eigenvalue weighted by Gasteiger charge is 2.45. The van der Waals surface area contributed by atoms with E-state index in [4.69, 9.17) is 4.42 Å². The van der Waals surface area contributed by atoms with Crippen molar-refractivity contribution in [3.63, 3.8) is 0 Å². The molecule has 25 heavy (non-hydrogen) atoms. The molecule has 4 heterocycles. The molecule has 0 unspecified atom stereocenters. The van der Waals surface area contributed by atoms with Crippen LogP contribution in [0.2, 0.25) is 0 Å². The SMILES string of the molecule is c1coc(CN2CC[C@@H]3[C@@H](C[C@H](Cn4cccn4)N3CC3CC3)C2)c1. The third kappa shape index (κ3) is 3.40. The molecule has 2 aliphatic heterocycles. The van der Waals surface area contributed by atoms with Gasteiger partial charge in [-0.15, -0.1) is 0 Å². The Bertz CT molecular complexity index is 664. The summed E-state index contributed by atoms with van der Waals surface area (Å²) in [5.41, 5.74) is 0. The molecule has 0 radical (unpaired) electrons. The van der Waals surface area contributed by atoms with Crippen molar-refractivity contribution in [2.75, 3.05) is 19.6 Å². The molecule has 5 nitrogen and oxygen atoms in total. The number of fused-ring (bicyclic) bond motifs is 1. The zero-order chi connectivity index (χ0) is 16.6. The molecule has 2 saturated heterocycles. The lowest BCUT2D eigenvalue weighted by molar-refractivity contribution is 0.0859. The van der Waals surface area contributed by atoms with Gasteiger partial charge in [-0.25, -0.2) is 0 Å². The summed E-state index contributed by atoms with van der Waals surface area (Å²) in [6.45, 7) is 5.72. The van der Waals surface area contributed by atoms with Crippen LogP contribution in [0, 0.1) is 11.8 Å². The van der Waals surface area contributed by atoms with Crippen LogP contribution in [0.15, 0.2) is 41.3 Å². The lowest BCUT2D eigenvalue weighted by Gasteiger charge is -2.38. The minimum atomic E-state index is 0.652. The molecule has 3 atom stereocenters. The van der Waals surface area contributed by atoms with Crippen molar-refractivity contribution in [3.8, 4) is 0 Å². The van der Waals surface area contributed by atoms with Crippen molar-refractivity contribution in [2.45, 2.75) is 50.9 Å². The second-order valence-electron chi connectivity index (χ2n) is 8.19. The highest BCUT2D eigenvalue weighted by Crippen LogP contribution is 2.40. The third-order valence-corrected chi connectivity index (χ3v) is 6.33. The summed E-state index contributed by atoms with van der Waals surface area (Å²) in [6.07, 6.45) is 11.3. The van der Waals surface area contributed by atoms with Gasteiger partial charge >= 0.3 is 0 Å². The second kappa shape index (κ2) is 6.61. The lowest BCUT2D eigenvalue weighted by atomic mass is 9.92. The van der Waals surface area contributed by atoms with Crippen LogP contribution in [0.4, 0.5) is 0 Å². The number of furan rings is 1. The van der Waals surface area contributed by atoms with Gasteiger partial charge in [0.25, 0.3) is 0 Å². The first kappa shape index (κ1) is 15.6. The summed E-state index contributed by atoms with van der Waals surface area (Å²) in [4.78, 5) is 5.44. The molecule has 0 bridgehead atoms. The fourth-order valence-electron chi connectivity index (χ4n) is 4.97. The van der Waals surface area contributed by atoms with Gasteiger partial charge in [0.2, 0.25) is 0 Å². The fraction of sp³-hybridized carbons (Fsp3) is 0.650. The Hall–Kier alpha value is -1.59. The smallest absolute Gasteiger partial charge is 0.117 e. The Morgan fingerprint density at radius 2 is 2.12 bits per heavy atom. The van der Waals surface area contributed by atoms with Crippen LogP contribution in [-0.4, -0.2) is 51.3 Å². The van der Waals surface area contributed by atoms with Crippen molar-refractivity contribution in [1.29, 1.82) is 0 Å². The predicted molar refractivity (Wildman–Crippen MR) is 95.9 cm³/mol. The van der Waals surface area contributed by atoms with Crippen LogP contribution in [0.5, 0.6) is 0 Å². The van der Waals surface area contributed by atoms with Crippen LogP contribution < -0.4 is 0 Å². The molecule has 0 amide bonds. The minimum Gasteiger partial charge on any atom is -0.468 e. The molecule has 0 spiro atoms. The van der Waals surface area contributed by atoms with Gasteiger partial charge in [0.1, 0.15) is 5.76 Å². The molecule has 1 aliphatic carbocycles. The van der Waals surface area contributed by atoms with Gasteiger partial charge in [0.05, 0.1) is 19.4 Å². The average Bonchev–Trinajstić information content (AvgIpc) is 3.01. The maximum atomic E-state index is 5.56. The topological polar surface area (TPSA) is 37.4 Å². The van der Waals surface area contributed by atoms with Crippen LogP contribution in [0.3, 0.4) is 0 Å². The van der Waals surface area contributed by atoms with E-state index >= 15 is 0 Å². The van der Waals surface area contributed by atoms with Gasteiger partial charge in [0.15, 0.2) is 0 Å². The molecule has 0 aromatic carbocycles. The van der Waals surface area contributed by atoms with Gasteiger partial charge in [-0.1, -0.05) is 0 Å². The molecule has 3 fully saturated rings. The maximum absolute atomic E-state index is 5.56. The van der Waals surface area contributed by atoms with E-state index in [-0.39, 0.29) is 0 Å². The van der Waals surface area contributed by atoms with Gasteiger partial charge in [0, 0.05) is 44.1 Å². The van der Waals surface area contributed by atoms with Crippen molar-refractivity contribution < 1.29 is 4.42 Å². The summed E-state index contributed by atoms with van der Waals surface area (Å²) in [6, 6.07) is 7.56. The lowest BCUT2D eigenvalue weighted by Crippen LogP contribution is -2.47. The first-order chi connectivity index (χ1) is 12.3. The number of nitrogens with zero attached hydrogens (tertiary/aromatic N) is 4. The summed E-state index contributed by atoms with van der Waals surface area (Å²) < 4.78 is 7.68. The third-order valence-electron chi connectivity index (χ3n) is 6.33. The largest absolute Gasteiger partial charge is 0.468 e. The van der Waals surface area contributed by atoms with Crippen LogP contribution in [0.25, 0.3) is 0 Å². The van der Waals surface area contributed by atoms with Crippen LogP contribution in [-0.2, 0) is 13.1 Å². The first-order valence-electron chi connectivity index (χ1n) is 9.83. The molecule has 3 aliphatic rings. The Morgan fingerprint density at radius 1 is 1.16 bits per heavy atom. The van der Waals surface area contributed by atoms with Crippen molar-refractivity contribution in [3.05, 3.63) is 42.6 Å².